The molecule has 1 nitrogen and oxygen atoms in total. The average Bonchev–Trinajstić information content (AvgIpc) is 2.45. The van der Waals surface area contributed by atoms with Crippen LogP contribution in [0.4, 0.5) is 13.2 Å². The summed E-state index contributed by atoms with van der Waals surface area (Å²) >= 11 is 3.43. The van der Waals surface area contributed by atoms with Crippen molar-refractivity contribution in [2.24, 2.45) is 5.92 Å². The molecule has 1 N–H and O–H groups in total. The summed E-state index contributed by atoms with van der Waals surface area (Å²) in [5, 5.41) is 3.39. The average molecular weight is 364 g/mol. The second kappa shape index (κ2) is 7.14. The zero-order chi connectivity index (χ0) is 15.5. The van der Waals surface area contributed by atoms with E-state index in [1.54, 1.807) is 0 Å². The van der Waals surface area contributed by atoms with E-state index in [1.165, 1.54) is 31.4 Å². The highest BCUT2D eigenvalue weighted by Gasteiger charge is 2.33. The lowest BCUT2D eigenvalue weighted by molar-refractivity contribution is -0.137. The Bertz CT molecular complexity index is 467. The van der Waals surface area contributed by atoms with E-state index >= 15 is 0 Å². The Balaban J connectivity index is 2.34. The molecule has 1 aromatic carbocycles. The molecule has 1 aliphatic carbocycles. The molecular formula is C16H21BrF3N. The Hall–Kier alpha value is -0.550. The highest BCUT2D eigenvalue weighted by molar-refractivity contribution is 9.10. The van der Waals surface area contributed by atoms with Gasteiger partial charge in [-0.15, -0.1) is 0 Å². The summed E-state index contributed by atoms with van der Waals surface area (Å²) in [6, 6.07) is 3.95. The van der Waals surface area contributed by atoms with Crippen LogP contribution < -0.4 is 5.32 Å². The van der Waals surface area contributed by atoms with E-state index < -0.39 is 11.7 Å². The van der Waals surface area contributed by atoms with Crippen LogP contribution in [0, 0.1) is 5.92 Å². The Morgan fingerprint density at radius 3 is 2.48 bits per heavy atom. The molecule has 0 radical (unpaired) electrons. The molecule has 0 aromatic heterocycles. The third-order valence-corrected chi connectivity index (χ3v) is 4.93. The first-order valence-electron chi connectivity index (χ1n) is 7.53. The van der Waals surface area contributed by atoms with Crippen LogP contribution in [0.15, 0.2) is 22.7 Å². The van der Waals surface area contributed by atoms with E-state index in [-0.39, 0.29) is 6.04 Å². The summed E-state index contributed by atoms with van der Waals surface area (Å²) in [6.45, 7) is 2.75. The van der Waals surface area contributed by atoms with Crippen LogP contribution in [-0.2, 0) is 6.18 Å². The minimum Gasteiger partial charge on any atom is -0.310 e. The molecule has 0 spiro atoms. The smallest absolute Gasteiger partial charge is 0.310 e. The largest absolute Gasteiger partial charge is 0.416 e. The number of halogens is 4. The zero-order valence-corrected chi connectivity index (χ0v) is 13.7. The van der Waals surface area contributed by atoms with E-state index in [9.17, 15) is 13.2 Å². The summed E-state index contributed by atoms with van der Waals surface area (Å²) < 4.78 is 39.6. The molecule has 2 rings (SSSR count). The first-order chi connectivity index (χ1) is 9.93. The highest BCUT2D eigenvalue weighted by atomic mass is 79.9. The maximum absolute atomic E-state index is 13.0. The normalized spacial score (nSPS) is 18.7. The van der Waals surface area contributed by atoms with Gasteiger partial charge in [0.1, 0.15) is 0 Å². The van der Waals surface area contributed by atoms with E-state index in [4.69, 9.17) is 0 Å². The van der Waals surface area contributed by atoms with Crippen molar-refractivity contribution in [2.75, 3.05) is 6.54 Å². The minimum atomic E-state index is -4.29. The van der Waals surface area contributed by atoms with Crippen LogP contribution in [0.25, 0.3) is 0 Å². The van der Waals surface area contributed by atoms with Gasteiger partial charge in [-0.1, -0.05) is 42.1 Å². The lowest BCUT2D eigenvalue weighted by Gasteiger charge is -2.32. The van der Waals surface area contributed by atoms with Gasteiger partial charge < -0.3 is 5.32 Å². The monoisotopic (exact) mass is 363 g/mol. The molecule has 21 heavy (non-hydrogen) atoms. The van der Waals surface area contributed by atoms with E-state index in [2.05, 4.69) is 21.2 Å². The topological polar surface area (TPSA) is 12.0 Å². The van der Waals surface area contributed by atoms with Crippen LogP contribution >= 0.6 is 15.9 Å². The summed E-state index contributed by atoms with van der Waals surface area (Å²) in [4.78, 5) is 0. The van der Waals surface area contributed by atoms with Gasteiger partial charge >= 0.3 is 6.18 Å². The van der Waals surface area contributed by atoms with Crippen LogP contribution in [0.5, 0.6) is 0 Å². The number of hydrogen-bond donors (Lipinski definition) is 1. The number of nitrogens with one attached hydrogen (secondary N) is 1. The fraction of sp³-hybridized carbons (Fsp3) is 0.625. The second-order valence-electron chi connectivity index (χ2n) is 5.67. The van der Waals surface area contributed by atoms with E-state index in [0.717, 1.165) is 35.5 Å². The van der Waals surface area contributed by atoms with Gasteiger partial charge in [0.25, 0.3) is 0 Å². The van der Waals surface area contributed by atoms with Crippen molar-refractivity contribution in [3.8, 4) is 0 Å². The van der Waals surface area contributed by atoms with E-state index in [0.29, 0.717) is 5.92 Å². The first kappa shape index (κ1) is 16.8. The van der Waals surface area contributed by atoms with Crippen LogP contribution in [0.2, 0.25) is 0 Å². The lowest BCUT2D eigenvalue weighted by Crippen LogP contribution is -2.30. The van der Waals surface area contributed by atoms with Gasteiger partial charge in [0.15, 0.2) is 0 Å². The van der Waals surface area contributed by atoms with Crippen molar-refractivity contribution in [3.05, 3.63) is 33.8 Å². The number of hydrogen-bond acceptors (Lipinski definition) is 1. The summed E-state index contributed by atoms with van der Waals surface area (Å²) in [5.41, 5.74) is 0.165. The Morgan fingerprint density at radius 1 is 1.24 bits per heavy atom. The number of alkyl halides is 3. The third kappa shape index (κ3) is 4.22. The molecule has 1 unspecified atom stereocenters. The third-order valence-electron chi connectivity index (χ3n) is 4.20. The summed E-state index contributed by atoms with van der Waals surface area (Å²) in [6.07, 6.45) is 1.45. The molecule has 1 saturated carbocycles. The van der Waals surface area contributed by atoms with Crippen molar-refractivity contribution in [1.29, 1.82) is 0 Å². The molecule has 1 atom stereocenters. The zero-order valence-electron chi connectivity index (χ0n) is 12.1. The van der Waals surface area contributed by atoms with Gasteiger partial charge in [-0.3, -0.25) is 0 Å². The SMILES string of the molecule is CCNC(c1cc(C(F)(F)F)ccc1Br)C1CCCCC1. The van der Waals surface area contributed by atoms with Crippen molar-refractivity contribution in [1.82, 2.24) is 5.32 Å². The molecule has 0 saturated heterocycles. The van der Waals surface area contributed by atoms with Crippen molar-refractivity contribution < 1.29 is 13.2 Å². The molecule has 1 aromatic rings. The minimum absolute atomic E-state index is 0.00743. The number of benzene rings is 1. The molecular weight excluding hydrogens is 343 g/mol. The first-order valence-corrected chi connectivity index (χ1v) is 8.32. The fourth-order valence-corrected chi connectivity index (χ4v) is 3.67. The second-order valence-corrected chi connectivity index (χ2v) is 6.52. The Labute approximate surface area is 132 Å². The molecule has 0 amide bonds. The maximum atomic E-state index is 13.0. The van der Waals surface area contributed by atoms with Crippen LogP contribution in [-0.4, -0.2) is 6.54 Å². The Morgan fingerprint density at radius 2 is 1.90 bits per heavy atom. The van der Waals surface area contributed by atoms with E-state index in [1.807, 2.05) is 6.92 Å². The fourth-order valence-electron chi connectivity index (χ4n) is 3.18. The van der Waals surface area contributed by atoms with Gasteiger partial charge in [0.05, 0.1) is 5.56 Å². The van der Waals surface area contributed by atoms with Crippen molar-refractivity contribution in [2.45, 2.75) is 51.2 Å². The van der Waals surface area contributed by atoms with Crippen molar-refractivity contribution in [3.63, 3.8) is 0 Å². The maximum Gasteiger partial charge on any atom is 0.416 e. The standard InChI is InChI=1S/C16H21BrF3N/c1-2-21-15(11-6-4-3-5-7-11)13-10-12(16(18,19)20)8-9-14(13)17/h8-11,15,21H,2-7H2,1H3. The van der Waals surface area contributed by atoms with Gasteiger partial charge in [0.2, 0.25) is 0 Å². The molecule has 1 fully saturated rings. The van der Waals surface area contributed by atoms with Gasteiger partial charge in [-0.2, -0.15) is 13.2 Å². The van der Waals surface area contributed by atoms with Crippen LogP contribution in [0.3, 0.4) is 0 Å². The highest BCUT2D eigenvalue weighted by Crippen LogP contribution is 2.39. The summed E-state index contributed by atoms with van der Waals surface area (Å²) in [7, 11) is 0. The molecule has 1 aliphatic rings. The molecule has 0 aliphatic heterocycles. The molecule has 0 bridgehead atoms. The quantitative estimate of drug-likeness (QED) is 0.723. The number of rotatable bonds is 4. The van der Waals surface area contributed by atoms with Gasteiger partial charge in [-0.25, -0.2) is 0 Å². The lowest BCUT2D eigenvalue weighted by atomic mass is 9.81. The predicted octanol–water partition coefficient (Wildman–Crippen LogP) is 5.70. The van der Waals surface area contributed by atoms with Crippen LogP contribution in [0.1, 0.15) is 56.2 Å². The molecule has 0 heterocycles. The predicted molar refractivity (Wildman–Crippen MR) is 82.1 cm³/mol. The summed E-state index contributed by atoms with van der Waals surface area (Å²) in [5.74, 6) is 0.415. The molecule has 5 heteroatoms. The van der Waals surface area contributed by atoms with Gasteiger partial charge in [-0.05, 0) is 49.1 Å². The van der Waals surface area contributed by atoms with Gasteiger partial charge in [0, 0.05) is 10.5 Å². The molecule has 118 valence electrons. The Kier molecular flexibility index (Phi) is 5.72. The van der Waals surface area contributed by atoms with Crippen molar-refractivity contribution >= 4 is 15.9 Å².